The number of methoxy groups -OCH3 is 2. The average Bonchev–Trinajstić information content (AvgIpc) is 3.80. The highest BCUT2D eigenvalue weighted by molar-refractivity contribution is 5.95. The number of aromatic nitrogens is 4. The number of allylic oxidation sites excluding steroid dienone is 5. The zero-order chi connectivity index (χ0) is 38.9. The van der Waals surface area contributed by atoms with Crippen LogP contribution < -0.4 is 5.32 Å². The highest BCUT2D eigenvalue weighted by Crippen LogP contribution is 2.52. The number of fused-ring (bicyclic) bond motifs is 11. The number of carbonyl (C=O) groups is 3. The minimum absolute atomic E-state index is 0.00713. The van der Waals surface area contributed by atoms with E-state index in [1.807, 2.05) is 50.3 Å². The molecule has 3 N–H and O–H groups in total. The van der Waals surface area contributed by atoms with Crippen LogP contribution in [0.5, 0.6) is 0 Å². The lowest BCUT2D eigenvalue weighted by Crippen LogP contribution is -2.39. The second-order valence-electron chi connectivity index (χ2n) is 14.6. The maximum absolute atomic E-state index is 13.6. The zero-order valence-electron chi connectivity index (χ0n) is 32.7. The number of nitrogens with zero attached hydrogens (tertiary/aromatic N) is 2. The van der Waals surface area contributed by atoms with Gasteiger partial charge in [0.1, 0.15) is 0 Å². The maximum Gasteiger partial charge on any atom is 0.314 e. The Labute approximate surface area is 316 Å². The molecule has 3 aromatic rings. The van der Waals surface area contributed by atoms with Crippen molar-refractivity contribution < 1.29 is 23.9 Å². The Morgan fingerprint density at radius 3 is 2.28 bits per heavy atom. The van der Waals surface area contributed by atoms with Crippen LogP contribution in [-0.2, 0) is 35.7 Å². The molecule has 8 bridgehead atoms. The monoisotopic (exact) mass is 729 g/mol. The van der Waals surface area contributed by atoms with E-state index >= 15 is 0 Å². The van der Waals surface area contributed by atoms with Gasteiger partial charge < -0.3 is 24.8 Å². The number of nitrogens with one attached hydrogen (secondary N) is 3. The molecule has 0 saturated heterocycles. The SMILES string of the molecule is C=Cc1c(C)c2cc3nc(cc4[nH]c(cc5nc(cc1[nH]2)C(C)=C5CCC(=O)NCCCC)c(CCC(=O)OC)c4C)[C@@]1(C)C3=CC=C(C)[C@H]1C(=O)OC. The summed E-state index contributed by atoms with van der Waals surface area (Å²) in [6.07, 6.45) is 9.29. The first kappa shape index (κ1) is 38.2. The molecule has 0 saturated carbocycles. The van der Waals surface area contributed by atoms with Gasteiger partial charge in [-0.15, -0.1) is 0 Å². The van der Waals surface area contributed by atoms with Crippen molar-refractivity contribution in [2.24, 2.45) is 5.92 Å². The van der Waals surface area contributed by atoms with E-state index in [1.165, 1.54) is 14.2 Å². The summed E-state index contributed by atoms with van der Waals surface area (Å²) in [5.74, 6) is -1.23. The maximum atomic E-state index is 13.6. The predicted molar refractivity (Wildman–Crippen MR) is 215 cm³/mol. The number of rotatable bonds is 11. The molecular weight excluding hydrogens is 679 g/mol. The standard InChI is InChI=1S/C44H51N5O5/c1-10-12-19-45-40(50)17-14-29-26(5)32-20-35-28(11-2)25(4)33(46-35)21-38-31-16-13-24(3)42(43(52)54-9)44(31,7)39(49-38)23-34-27(6)30(15-18-41(51)53-8)37(48-34)22-36(29)47-32/h11,13,16,20-23,42,46,48H,2,10,12,14-15,17-19H2,1,3-9H3,(H,45,50)/t42-,44+/m0/s1. The lowest BCUT2D eigenvalue weighted by atomic mass is 9.64. The van der Waals surface area contributed by atoms with E-state index in [-0.39, 0.29) is 24.3 Å². The number of unbranched alkanes of at least 4 members (excludes halogenated alkanes) is 1. The number of aryl methyl sites for hydroxylation is 3. The quantitative estimate of drug-likeness (QED) is 0.133. The van der Waals surface area contributed by atoms with E-state index in [4.69, 9.17) is 19.4 Å². The molecule has 1 aliphatic carbocycles. The van der Waals surface area contributed by atoms with E-state index in [2.05, 4.69) is 55.6 Å². The molecule has 0 radical (unpaired) electrons. The Kier molecular flexibility index (Phi) is 10.9. The molecule has 0 aromatic carbocycles. The van der Waals surface area contributed by atoms with Crippen LogP contribution in [0.2, 0.25) is 0 Å². The number of hydrogen-bond acceptors (Lipinski definition) is 7. The van der Waals surface area contributed by atoms with Crippen LogP contribution in [0.15, 0.2) is 48.6 Å². The third-order valence-electron chi connectivity index (χ3n) is 11.4. The van der Waals surface area contributed by atoms with Gasteiger partial charge in [-0.1, -0.05) is 43.7 Å². The summed E-state index contributed by atoms with van der Waals surface area (Å²) >= 11 is 0. The number of ether oxygens (including phenoxy) is 2. The van der Waals surface area contributed by atoms with Crippen molar-refractivity contribution >= 4 is 62.7 Å². The van der Waals surface area contributed by atoms with E-state index in [0.29, 0.717) is 31.5 Å². The minimum atomic E-state index is -0.834. The molecule has 10 nitrogen and oxygen atoms in total. The molecule has 5 heterocycles. The molecule has 3 aliphatic rings. The normalized spacial score (nSPS) is 17.7. The van der Waals surface area contributed by atoms with Crippen LogP contribution in [0.3, 0.4) is 0 Å². The van der Waals surface area contributed by atoms with Crippen LogP contribution in [0, 0.1) is 19.8 Å². The number of H-pyrrole nitrogens is 2. The summed E-state index contributed by atoms with van der Waals surface area (Å²) in [5, 5.41) is 3.04. The predicted octanol–water partition coefficient (Wildman–Crippen LogP) is 8.40. The highest BCUT2D eigenvalue weighted by atomic mass is 16.5. The van der Waals surface area contributed by atoms with E-state index in [0.717, 1.165) is 96.5 Å². The van der Waals surface area contributed by atoms with Gasteiger partial charge in [0.15, 0.2) is 0 Å². The van der Waals surface area contributed by atoms with Gasteiger partial charge in [-0.05, 0) is 112 Å². The molecule has 2 atom stereocenters. The molecular formula is C44H51N5O5. The fourth-order valence-electron chi connectivity index (χ4n) is 8.12. The van der Waals surface area contributed by atoms with Crippen molar-refractivity contribution in [1.82, 2.24) is 25.3 Å². The van der Waals surface area contributed by atoms with Gasteiger partial charge in [0.25, 0.3) is 0 Å². The summed E-state index contributed by atoms with van der Waals surface area (Å²) in [6, 6.07) is 8.13. The highest BCUT2D eigenvalue weighted by Gasteiger charge is 2.51. The Hall–Kier alpha value is -5.51. The van der Waals surface area contributed by atoms with Gasteiger partial charge in [0, 0.05) is 47.0 Å². The van der Waals surface area contributed by atoms with Crippen molar-refractivity contribution in [2.75, 3.05) is 20.8 Å². The van der Waals surface area contributed by atoms with Crippen LogP contribution in [0.25, 0.3) is 44.9 Å². The lowest BCUT2D eigenvalue weighted by Gasteiger charge is -2.36. The van der Waals surface area contributed by atoms with Crippen molar-refractivity contribution in [3.05, 3.63) is 93.6 Å². The summed E-state index contributed by atoms with van der Waals surface area (Å²) < 4.78 is 10.4. The van der Waals surface area contributed by atoms with Gasteiger partial charge in [0.05, 0.1) is 48.3 Å². The van der Waals surface area contributed by atoms with Gasteiger partial charge in [0.2, 0.25) is 5.91 Å². The molecule has 0 fully saturated rings. The van der Waals surface area contributed by atoms with Crippen LogP contribution in [-0.4, -0.2) is 58.5 Å². The first-order valence-electron chi connectivity index (χ1n) is 18.7. The third-order valence-corrected chi connectivity index (χ3v) is 11.4. The summed E-state index contributed by atoms with van der Waals surface area (Å²) in [7, 11) is 2.81. The topological polar surface area (TPSA) is 139 Å². The number of amides is 1. The van der Waals surface area contributed by atoms with Crippen molar-refractivity contribution in [2.45, 2.75) is 85.5 Å². The van der Waals surface area contributed by atoms with Crippen LogP contribution >= 0.6 is 0 Å². The molecule has 2 aliphatic heterocycles. The number of esters is 2. The van der Waals surface area contributed by atoms with Crippen molar-refractivity contribution in [3.63, 3.8) is 0 Å². The van der Waals surface area contributed by atoms with Gasteiger partial charge in [-0.3, -0.25) is 19.4 Å². The summed E-state index contributed by atoms with van der Waals surface area (Å²) in [5.41, 5.74) is 13.1. The number of carbonyl (C=O) groups excluding carboxylic acids is 3. The Morgan fingerprint density at radius 1 is 0.870 bits per heavy atom. The fourth-order valence-corrected chi connectivity index (χ4v) is 8.12. The zero-order valence-corrected chi connectivity index (χ0v) is 32.7. The molecule has 1 amide bonds. The first-order chi connectivity index (χ1) is 25.9. The average molecular weight is 730 g/mol. The van der Waals surface area contributed by atoms with E-state index in [1.54, 1.807) is 0 Å². The molecule has 0 unspecified atom stereocenters. The molecule has 10 heteroatoms. The Balaban J connectivity index is 1.68. The molecule has 6 rings (SSSR count). The summed E-state index contributed by atoms with van der Waals surface area (Å²) in [4.78, 5) is 56.6. The fraction of sp³-hybridized carbons (Fsp3) is 0.386. The van der Waals surface area contributed by atoms with Crippen LogP contribution in [0.1, 0.15) is 105 Å². The smallest absolute Gasteiger partial charge is 0.314 e. The lowest BCUT2D eigenvalue weighted by molar-refractivity contribution is -0.145. The summed E-state index contributed by atoms with van der Waals surface area (Å²) in [6.45, 7) is 17.0. The second kappa shape index (κ2) is 15.5. The van der Waals surface area contributed by atoms with Gasteiger partial charge in [-0.25, -0.2) is 4.98 Å². The van der Waals surface area contributed by atoms with Crippen molar-refractivity contribution in [3.8, 4) is 0 Å². The van der Waals surface area contributed by atoms with Crippen LogP contribution in [0.4, 0.5) is 0 Å². The third kappa shape index (κ3) is 6.85. The second-order valence-corrected chi connectivity index (χ2v) is 14.6. The van der Waals surface area contributed by atoms with Crippen molar-refractivity contribution in [1.29, 1.82) is 0 Å². The minimum Gasteiger partial charge on any atom is -0.469 e. The van der Waals surface area contributed by atoms with E-state index < -0.39 is 11.3 Å². The largest absolute Gasteiger partial charge is 0.469 e. The van der Waals surface area contributed by atoms with Gasteiger partial charge >= 0.3 is 11.9 Å². The molecule has 3 aromatic heterocycles. The Bertz CT molecular complexity index is 2320. The molecule has 282 valence electrons. The van der Waals surface area contributed by atoms with E-state index in [9.17, 15) is 14.4 Å². The molecule has 54 heavy (non-hydrogen) atoms. The Morgan fingerprint density at radius 2 is 1.57 bits per heavy atom. The molecule has 0 spiro atoms. The number of hydrogen-bond donors (Lipinski definition) is 3. The van der Waals surface area contributed by atoms with Gasteiger partial charge in [-0.2, -0.15) is 0 Å². The number of aromatic amines is 2. The first-order valence-corrected chi connectivity index (χ1v) is 18.7.